The van der Waals surface area contributed by atoms with Crippen molar-refractivity contribution < 1.29 is 28.6 Å². The van der Waals surface area contributed by atoms with Gasteiger partial charge in [0, 0.05) is 19.3 Å². The van der Waals surface area contributed by atoms with E-state index in [1.165, 1.54) is 161 Å². The molecule has 368 valence electrons. The molecule has 6 nitrogen and oxygen atoms in total. The third-order valence-electron chi connectivity index (χ3n) is 12.1. The molecule has 0 radical (unpaired) electrons. The highest BCUT2D eigenvalue weighted by atomic mass is 16.6. The molecule has 0 unspecified atom stereocenters. The molecule has 0 fully saturated rings. The van der Waals surface area contributed by atoms with Gasteiger partial charge in [-0.2, -0.15) is 0 Å². The van der Waals surface area contributed by atoms with E-state index in [2.05, 4.69) is 57.2 Å². The van der Waals surface area contributed by atoms with Gasteiger partial charge in [-0.25, -0.2) is 0 Å². The van der Waals surface area contributed by atoms with Gasteiger partial charge >= 0.3 is 17.9 Å². The monoisotopic (exact) mass is 885 g/mol. The average molecular weight is 885 g/mol. The number of hydrogen-bond donors (Lipinski definition) is 0. The van der Waals surface area contributed by atoms with Crippen LogP contribution in [0.25, 0.3) is 0 Å². The molecule has 63 heavy (non-hydrogen) atoms. The fraction of sp³-hybridized carbons (Fsp3) is 0.842. The molecule has 0 N–H and O–H groups in total. The molecule has 0 aromatic heterocycles. The molecule has 0 spiro atoms. The van der Waals surface area contributed by atoms with Crippen LogP contribution in [0.1, 0.15) is 290 Å². The first-order valence-corrected chi connectivity index (χ1v) is 27.5. The number of ether oxygens (including phenoxy) is 3. The average Bonchev–Trinajstić information content (AvgIpc) is 3.28. The first kappa shape index (κ1) is 60.6. The van der Waals surface area contributed by atoms with Gasteiger partial charge in [-0.3, -0.25) is 14.4 Å². The summed E-state index contributed by atoms with van der Waals surface area (Å²) in [6.45, 7) is 6.61. The zero-order valence-electron chi connectivity index (χ0n) is 42.1. The van der Waals surface area contributed by atoms with E-state index in [-0.39, 0.29) is 31.1 Å². The van der Waals surface area contributed by atoms with Gasteiger partial charge in [-0.1, -0.05) is 231 Å². The molecule has 0 heterocycles. The second-order valence-electron chi connectivity index (χ2n) is 18.5. The summed E-state index contributed by atoms with van der Waals surface area (Å²) in [4.78, 5) is 38.0. The summed E-state index contributed by atoms with van der Waals surface area (Å²) in [6.07, 6.45) is 61.3. The van der Waals surface area contributed by atoms with E-state index in [1.807, 2.05) is 0 Å². The number of esters is 3. The SMILES string of the molecule is CCCCC/C=C/C/C=C/CCCCCCCC(=O)O[C@H](COC(=O)CCCCCCC/C=C/CCCCCC)COC(=O)CCCCCCCCCCCCCCCCCCC. The topological polar surface area (TPSA) is 78.9 Å². The maximum atomic E-state index is 12.8. The Balaban J connectivity index is 4.36. The van der Waals surface area contributed by atoms with Gasteiger partial charge in [0.1, 0.15) is 13.2 Å². The highest BCUT2D eigenvalue weighted by molar-refractivity contribution is 5.71. The Morgan fingerprint density at radius 1 is 0.317 bits per heavy atom. The van der Waals surface area contributed by atoms with Gasteiger partial charge in [0.15, 0.2) is 6.10 Å². The van der Waals surface area contributed by atoms with E-state index in [0.29, 0.717) is 19.3 Å². The van der Waals surface area contributed by atoms with Crippen molar-refractivity contribution in [3.63, 3.8) is 0 Å². The molecule has 0 rings (SSSR count). The van der Waals surface area contributed by atoms with Crippen molar-refractivity contribution >= 4 is 17.9 Å². The Hall–Kier alpha value is -2.37. The number of unbranched alkanes of at least 4 members (excludes halogenated alkanes) is 33. The summed E-state index contributed by atoms with van der Waals surface area (Å²) >= 11 is 0. The molecule has 0 saturated carbocycles. The Morgan fingerprint density at radius 3 is 0.937 bits per heavy atom. The number of hydrogen-bond acceptors (Lipinski definition) is 6. The van der Waals surface area contributed by atoms with Gasteiger partial charge in [0.2, 0.25) is 0 Å². The van der Waals surface area contributed by atoms with Crippen molar-refractivity contribution in [1.29, 1.82) is 0 Å². The molecule has 0 saturated heterocycles. The molecule has 0 aromatic carbocycles. The molecule has 0 aliphatic rings. The molecule has 0 aromatic rings. The highest BCUT2D eigenvalue weighted by Crippen LogP contribution is 2.16. The van der Waals surface area contributed by atoms with Gasteiger partial charge in [0.05, 0.1) is 0 Å². The lowest BCUT2D eigenvalue weighted by atomic mass is 10.0. The molecule has 6 heteroatoms. The van der Waals surface area contributed by atoms with E-state index in [1.54, 1.807) is 0 Å². The van der Waals surface area contributed by atoms with Crippen LogP contribution in [-0.2, 0) is 28.6 Å². The minimum Gasteiger partial charge on any atom is -0.462 e. The van der Waals surface area contributed by atoms with Crippen LogP contribution in [0, 0.1) is 0 Å². The maximum Gasteiger partial charge on any atom is 0.306 e. The van der Waals surface area contributed by atoms with Gasteiger partial charge in [-0.05, 0) is 77.0 Å². The van der Waals surface area contributed by atoms with E-state index in [4.69, 9.17) is 14.2 Å². The van der Waals surface area contributed by atoms with E-state index in [9.17, 15) is 14.4 Å². The van der Waals surface area contributed by atoms with Crippen molar-refractivity contribution in [2.24, 2.45) is 0 Å². The number of allylic oxidation sites excluding steroid dienone is 6. The number of carbonyl (C=O) groups is 3. The standard InChI is InChI=1S/C57H104O6/c1-4-7-10-13-16-19-22-25-27-28-30-32-35-38-41-44-47-50-56(59)62-53-54(52-61-55(58)49-46-43-40-37-34-31-24-21-18-15-12-9-6-3)63-57(60)51-48-45-42-39-36-33-29-26-23-20-17-14-11-8-5-2/h17,20-21,24,26,29,54H,4-16,18-19,22-23,25,27-28,30-53H2,1-3H3/b20-17+,24-21+,29-26+/t54-/m1/s1. The fourth-order valence-electron chi connectivity index (χ4n) is 7.94. The fourth-order valence-corrected chi connectivity index (χ4v) is 7.94. The normalized spacial score (nSPS) is 12.2. The Kier molecular flexibility index (Phi) is 50.3. The lowest BCUT2D eigenvalue weighted by Gasteiger charge is -2.18. The zero-order valence-corrected chi connectivity index (χ0v) is 42.1. The second-order valence-corrected chi connectivity index (χ2v) is 18.5. The zero-order chi connectivity index (χ0) is 45.8. The quantitative estimate of drug-likeness (QED) is 0.0262. The number of carbonyl (C=O) groups excluding carboxylic acids is 3. The first-order valence-electron chi connectivity index (χ1n) is 27.5. The summed E-state index contributed by atoms with van der Waals surface area (Å²) in [5.41, 5.74) is 0. The van der Waals surface area contributed by atoms with Gasteiger partial charge in [0.25, 0.3) is 0 Å². The smallest absolute Gasteiger partial charge is 0.306 e. The molecule has 0 bridgehead atoms. The second kappa shape index (κ2) is 52.3. The van der Waals surface area contributed by atoms with Crippen molar-refractivity contribution in [3.8, 4) is 0 Å². The largest absolute Gasteiger partial charge is 0.462 e. The number of rotatable bonds is 50. The molecule has 1 atom stereocenters. The third-order valence-corrected chi connectivity index (χ3v) is 12.1. The van der Waals surface area contributed by atoms with E-state index < -0.39 is 6.10 Å². The van der Waals surface area contributed by atoms with Crippen LogP contribution in [0.5, 0.6) is 0 Å². The van der Waals surface area contributed by atoms with Crippen molar-refractivity contribution in [2.45, 2.75) is 297 Å². The predicted molar refractivity (Wildman–Crippen MR) is 270 cm³/mol. The van der Waals surface area contributed by atoms with Crippen LogP contribution >= 0.6 is 0 Å². The lowest BCUT2D eigenvalue weighted by molar-refractivity contribution is -0.167. The molecular weight excluding hydrogens is 781 g/mol. The molecule has 0 aliphatic heterocycles. The first-order chi connectivity index (χ1) is 31.0. The Labute approximate surface area is 391 Å². The summed E-state index contributed by atoms with van der Waals surface area (Å²) in [7, 11) is 0. The summed E-state index contributed by atoms with van der Waals surface area (Å²) in [5, 5.41) is 0. The third kappa shape index (κ3) is 50.5. The van der Waals surface area contributed by atoms with E-state index >= 15 is 0 Å². The lowest BCUT2D eigenvalue weighted by Crippen LogP contribution is -2.30. The molecule has 0 amide bonds. The van der Waals surface area contributed by atoms with Crippen LogP contribution in [-0.4, -0.2) is 37.2 Å². The minimum absolute atomic E-state index is 0.0772. The van der Waals surface area contributed by atoms with Crippen LogP contribution in [0.3, 0.4) is 0 Å². The summed E-state index contributed by atoms with van der Waals surface area (Å²) < 4.78 is 16.8. The Morgan fingerprint density at radius 2 is 0.571 bits per heavy atom. The predicted octanol–water partition coefficient (Wildman–Crippen LogP) is 18.1. The van der Waals surface area contributed by atoms with Crippen LogP contribution in [0.2, 0.25) is 0 Å². The Bertz CT molecular complexity index is 1060. The van der Waals surface area contributed by atoms with Crippen molar-refractivity contribution in [1.82, 2.24) is 0 Å². The summed E-state index contributed by atoms with van der Waals surface area (Å²) in [5.74, 6) is -0.887. The molecule has 0 aliphatic carbocycles. The summed E-state index contributed by atoms with van der Waals surface area (Å²) in [6, 6.07) is 0. The van der Waals surface area contributed by atoms with Crippen LogP contribution < -0.4 is 0 Å². The molecular formula is C57H104O6. The minimum atomic E-state index is -0.779. The van der Waals surface area contributed by atoms with Crippen LogP contribution in [0.4, 0.5) is 0 Å². The van der Waals surface area contributed by atoms with Crippen LogP contribution in [0.15, 0.2) is 36.5 Å². The van der Waals surface area contributed by atoms with E-state index in [0.717, 1.165) is 89.9 Å². The highest BCUT2D eigenvalue weighted by Gasteiger charge is 2.19. The van der Waals surface area contributed by atoms with Gasteiger partial charge in [-0.15, -0.1) is 0 Å². The maximum absolute atomic E-state index is 12.8. The van der Waals surface area contributed by atoms with Crippen molar-refractivity contribution in [2.75, 3.05) is 13.2 Å². The van der Waals surface area contributed by atoms with Crippen molar-refractivity contribution in [3.05, 3.63) is 36.5 Å². The van der Waals surface area contributed by atoms with Gasteiger partial charge < -0.3 is 14.2 Å².